The third-order valence-corrected chi connectivity index (χ3v) is 3.07. The molecule has 0 radical (unpaired) electrons. The Morgan fingerprint density at radius 1 is 0.833 bits per heavy atom. The molecule has 3 rings (SSSR count). The van der Waals surface area contributed by atoms with Crippen LogP contribution in [0.2, 0.25) is 0 Å². The smallest absolute Gasteiger partial charge is 0.140 e. The second kappa shape index (κ2) is 4.49. The number of benzene rings is 2. The van der Waals surface area contributed by atoms with Crippen LogP contribution < -0.4 is 0 Å². The van der Waals surface area contributed by atoms with Crippen LogP contribution in [-0.2, 0) is 7.05 Å². The summed E-state index contributed by atoms with van der Waals surface area (Å²) >= 11 is 0. The molecule has 0 aliphatic carbocycles. The van der Waals surface area contributed by atoms with Gasteiger partial charge < -0.3 is 4.57 Å². The lowest BCUT2D eigenvalue weighted by molar-refractivity contribution is 0.925. The third kappa shape index (κ3) is 1.82. The maximum Gasteiger partial charge on any atom is 0.140 e. The van der Waals surface area contributed by atoms with Gasteiger partial charge in [-0.3, -0.25) is 0 Å². The zero-order valence-electron chi connectivity index (χ0n) is 10.2. The van der Waals surface area contributed by atoms with Crippen molar-refractivity contribution in [3.63, 3.8) is 0 Å². The van der Waals surface area contributed by atoms with Crippen LogP contribution >= 0.6 is 0 Å². The average molecular weight is 234 g/mol. The Labute approximate surface area is 107 Å². The minimum Gasteiger partial charge on any atom is -0.334 e. The van der Waals surface area contributed by atoms with Crippen molar-refractivity contribution in [2.75, 3.05) is 0 Å². The van der Waals surface area contributed by atoms with Crippen LogP contribution in [0, 0.1) is 0 Å². The summed E-state index contributed by atoms with van der Waals surface area (Å²) in [5, 5.41) is 0. The molecule has 0 aliphatic heterocycles. The van der Waals surface area contributed by atoms with Crippen LogP contribution in [-0.4, -0.2) is 9.55 Å². The Hall–Kier alpha value is -2.35. The highest BCUT2D eigenvalue weighted by atomic mass is 15.0. The zero-order valence-corrected chi connectivity index (χ0v) is 10.2. The van der Waals surface area contributed by atoms with Gasteiger partial charge in [-0.1, -0.05) is 54.6 Å². The van der Waals surface area contributed by atoms with Gasteiger partial charge in [0.2, 0.25) is 0 Å². The van der Waals surface area contributed by atoms with E-state index in [1.54, 1.807) is 0 Å². The van der Waals surface area contributed by atoms with E-state index >= 15 is 0 Å². The maximum absolute atomic E-state index is 4.44. The van der Waals surface area contributed by atoms with Gasteiger partial charge in [-0.2, -0.15) is 0 Å². The Morgan fingerprint density at radius 3 is 2.17 bits per heavy atom. The summed E-state index contributed by atoms with van der Waals surface area (Å²) in [6.07, 6.45) is 3.80. The van der Waals surface area contributed by atoms with Gasteiger partial charge in [0.05, 0.1) is 0 Å². The summed E-state index contributed by atoms with van der Waals surface area (Å²) < 4.78 is 2.04. The fraction of sp³-hybridized carbons (Fsp3) is 0.0625. The number of hydrogen-bond acceptors (Lipinski definition) is 1. The molecule has 0 aliphatic rings. The van der Waals surface area contributed by atoms with E-state index in [2.05, 4.69) is 53.5 Å². The van der Waals surface area contributed by atoms with Crippen LogP contribution in [0.4, 0.5) is 0 Å². The van der Waals surface area contributed by atoms with Gasteiger partial charge in [0.15, 0.2) is 0 Å². The van der Waals surface area contributed by atoms with Crippen LogP contribution in [0.15, 0.2) is 67.0 Å². The first-order chi connectivity index (χ1) is 8.86. The normalized spacial score (nSPS) is 10.5. The van der Waals surface area contributed by atoms with E-state index < -0.39 is 0 Å². The molecule has 0 N–H and O–H groups in total. The van der Waals surface area contributed by atoms with E-state index in [1.165, 1.54) is 11.1 Å². The lowest BCUT2D eigenvalue weighted by Crippen LogP contribution is -1.93. The number of rotatable bonds is 2. The second-order valence-electron chi connectivity index (χ2n) is 4.27. The first kappa shape index (κ1) is 10.8. The van der Waals surface area contributed by atoms with Gasteiger partial charge in [0.25, 0.3) is 0 Å². The summed E-state index contributed by atoms with van der Waals surface area (Å²) in [7, 11) is 2.02. The summed E-state index contributed by atoms with van der Waals surface area (Å²) in [4.78, 5) is 4.44. The third-order valence-electron chi connectivity index (χ3n) is 3.07. The van der Waals surface area contributed by atoms with Crippen LogP contribution in [0.3, 0.4) is 0 Å². The van der Waals surface area contributed by atoms with Crippen molar-refractivity contribution in [2.24, 2.45) is 7.05 Å². The quantitative estimate of drug-likeness (QED) is 0.660. The highest BCUT2D eigenvalue weighted by molar-refractivity contribution is 5.80. The molecule has 18 heavy (non-hydrogen) atoms. The molecule has 0 bridgehead atoms. The number of aryl methyl sites for hydroxylation is 1. The van der Waals surface area contributed by atoms with Crippen molar-refractivity contribution in [3.05, 3.63) is 67.0 Å². The van der Waals surface area contributed by atoms with E-state index in [0.29, 0.717) is 0 Å². The lowest BCUT2D eigenvalue weighted by Gasteiger charge is -2.09. The minimum absolute atomic E-state index is 0.995. The average Bonchev–Trinajstić information content (AvgIpc) is 2.86. The molecule has 0 atom stereocenters. The fourth-order valence-corrected chi connectivity index (χ4v) is 2.17. The molecule has 0 saturated carbocycles. The Kier molecular flexibility index (Phi) is 2.69. The number of aromatic nitrogens is 2. The van der Waals surface area contributed by atoms with E-state index in [4.69, 9.17) is 0 Å². The molecule has 0 spiro atoms. The summed E-state index contributed by atoms with van der Waals surface area (Å²) in [5.74, 6) is 0.995. The van der Waals surface area contributed by atoms with E-state index in [9.17, 15) is 0 Å². The van der Waals surface area contributed by atoms with Crippen molar-refractivity contribution < 1.29 is 0 Å². The van der Waals surface area contributed by atoms with Gasteiger partial charge in [-0.15, -0.1) is 0 Å². The van der Waals surface area contributed by atoms with Gasteiger partial charge in [-0.05, 0) is 11.1 Å². The van der Waals surface area contributed by atoms with Gasteiger partial charge >= 0.3 is 0 Å². The van der Waals surface area contributed by atoms with E-state index in [0.717, 1.165) is 11.4 Å². The second-order valence-corrected chi connectivity index (χ2v) is 4.27. The Balaban J connectivity index is 2.21. The fourth-order valence-electron chi connectivity index (χ4n) is 2.17. The van der Waals surface area contributed by atoms with Crippen molar-refractivity contribution >= 4 is 0 Å². The first-order valence-corrected chi connectivity index (χ1v) is 5.98. The molecule has 1 aromatic heterocycles. The predicted octanol–water partition coefficient (Wildman–Crippen LogP) is 3.75. The maximum atomic E-state index is 4.44. The molecule has 2 aromatic carbocycles. The van der Waals surface area contributed by atoms with Gasteiger partial charge in [-0.25, -0.2) is 4.98 Å². The summed E-state index contributed by atoms with van der Waals surface area (Å²) in [6.45, 7) is 0. The standard InChI is InChI=1S/C16H14N2/c1-18-12-11-17-16(18)15-10-6-5-9-14(15)13-7-3-2-4-8-13/h2-12H,1H3. The predicted molar refractivity (Wildman–Crippen MR) is 74.1 cm³/mol. The van der Waals surface area contributed by atoms with Crippen molar-refractivity contribution in [3.8, 4) is 22.5 Å². The van der Waals surface area contributed by atoms with Crippen molar-refractivity contribution in [1.82, 2.24) is 9.55 Å². The van der Waals surface area contributed by atoms with Gasteiger partial charge in [0.1, 0.15) is 5.82 Å². The monoisotopic (exact) mass is 234 g/mol. The van der Waals surface area contributed by atoms with Crippen LogP contribution in [0.5, 0.6) is 0 Å². The van der Waals surface area contributed by atoms with Crippen molar-refractivity contribution in [1.29, 1.82) is 0 Å². The van der Waals surface area contributed by atoms with E-state index in [-0.39, 0.29) is 0 Å². The number of hydrogen-bond donors (Lipinski definition) is 0. The highest BCUT2D eigenvalue weighted by Crippen LogP contribution is 2.30. The molecule has 0 unspecified atom stereocenters. The van der Waals surface area contributed by atoms with Crippen LogP contribution in [0.25, 0.3) is 22.5 Å². The summed E-state index contributed by atoms with van der Waals surface area (Å²) in [6, 6.07) is 18.8. The summed E-state index contributed by atoms with van der Waals surface area (Å²) in [5.41, 5.74) is 3.60. The molecule has 2 heteroatoms. The number of nitrogens with zero attached hydrogens (tertiary/aromatic N) is 2. The molecular formula is C16H14N2. The molecule has 0 saturated heterocycles. The molecule has 2 nitrogen and oxygen atoms in total. The highest BCUT2D eigenvalue weighted by Gasteiger charge is 2.09. The first-order valence-electron chi connectivity index (χ1n) is 5.98. The zero-order chi connectivity index (χ0) is 12.4. The molecular weight excluding hydrogens is 220 g/mol. The van der Waals surface area contributed by atoms with E-state index in [1.807, 2.05) is 30.1 Å². The molecule has 1 heterocycles. The minimum atomic E-state index is 0.995. The van der Waals surface area contributed by atoms with Crippen molar-refractivity contribution in [2.45, 2.75) is 0 Å². The largest absolute Gasteiger partial charge is 0.334 e. The lowest BCUT2D eigenvalue weighted by atomic mass is 9.99. The number of imidazole rings is 1. The van der Waals surface area contributed by atoms with Gasteiger partial charge in [0, 0.05) is 25.0 Å². The Bertz CT molecular complexity index is 654. The molecule has 3 aromatic rings. The SMILES string of the molecule is Cn1ccnc1-c1ccccc1-c1ccccc1. The van der Waals surface area contributed by atoms with Crippen LogP contribution in [0.1, 0.15) is 0 Å². The molecule has 0 amide bonds. The molecule has 0 fully saturated rings. The topological polar surface area (TPSA) is 17.8 Å². The Morgan fingerprint density at radius 2 is 1.50 bits per heavy atom. The molecule has 88 valence electrons.